The molecule has 0 atom stereocenters. The third kappa shape index (κ3) is 4.19. The standard InChI is InChI=1S/C14H21FN2O2/c1-9(2)12(10(3)4)8-16-13-6-5-11(15)7-14(13)17(18)19/h5-7,9-10,12,16H,8H2,1-4H3. The van der Waals surface area contributed by atoms with E-state index in [1.54, 1.807) is 0 Å². The first-order valence-electron chi connectivity index (χ1n) is 6.50. The van der Waals surface area contributed by atoms with Crippen LogP contribution in [0.25, 0.3) is 0 Å². The lowest BCUT2D eigenvalue weighted by molar-refractivity contribution is -0.384. The van der Waals surface area contributed by atoms with Crippen LogP contribution in [0.15, 0.2) is 18.2 Å². The largest absolute Gasteiger partial charge is 0.379 e. The van der Waals surface area contributed by atoms with Crippen molar-refractivity contribution in [1.82, 2.24) is 0 Å². The maximum absolute atomic E-state index is 13.0. The summed E-state index contributed by atoms with van der Waals surface area (Å²) in [5, 5.41) is 14.0. The van der Waals surface area contributed by atoms with Gasteiger partial charge in [-0.2, -0.15) is 0 Å². The van der Waals surface area contributed by atoms with Gasteiger partial charge >= 0.3 is 0 Å². The van der Waals surface area contributed by atoms with Gasteiger partial charge in [-0.25, -0.2) is 4.39 Å². The minimum absolute atomic E-state index is 0.216. The van der Waals surface area contributed by atoms with Gasteiger partial charge in [-0.3, -0.25) is 10.1 Å². The molecule has 0 radical (unpaired) electrons. The molecular weight excluding hydrogens is 247 g/mol. The Kier molecular flexibility index (Phi) is 5.27. The summed E-state index contributed by atoms with van der Waals surface area (Å²) in [6.07, 6.45) is 0. The quantitative estimate of drug-likeness (QED) is 0.625. The number of rotatable bonds is 6. The maximum atomic E-state index is 13.0. The molecule has 19 heavy (non-hydrogen) atoms. The highest BCUT2D eigenvalue weighted by Gasteiger charge is 2.20. The Morgan fingerprint density at radius 1 is 1.26 bits per heavy atom. The zero-order chi connectivity index (χ0) is 14.6. The van der Waals surface area contributed by atoms with Crippen molar-refractivity contribution in [2.45, 2.75) is 27.7 Å². The molecule has 0 fully saturated rings. The van der Waals surface area contributed by atoms with Crippen LogP contribution >= 0.6 is 0 Å². The van der Waals surface area contributed by atoms with Crippen molar-refractivity contribution in [1.29, 1.82) is 0 Å². The number of hydrogen-bond donors (Lipinski definition) is 1. The fraction of sp³-hybridized carbons (Fsp3) is 0.571. The van der Waals surface area contributed by atoms with Gasteiger partial charge in [0.05, 0.1) is 11.0 Å². The van der Waals surface area contributed by atoms with E-state index in [1.165, 1.54) is 12.1 Å². The second-order valence-corrected chi connectivity index (χ2v) is 5.45. The van der Waals surface area contributed by atoms with Crippen LogP contribution in [0.3, 0.4) is 0 Å². The van der Waals surface area contributed by atoms with Crippen LogP contribution in [0, 0.1) is 33.7 Å². The smallest absolute Gasteiger partial charge is 0.295 e. The first kappa shape index (κ1) is 15.4. The van der Waals surface area contributed by atoms with E-state index in [0.29, 0.717) is 30.0 Å². The average molecular weight is 268 g/mol. The molecule has 1 aromatic rings. The van der Waals surface area contributed by atoms with Gasteiger partial charge in [0, 0.05) is 6.54 Å². The molecule has 106 valence electrons. The van der Waals surface area contributed by atoms with Crippen molar-refractivity contribution >= 4 is 11.4 Å². The van der Waals surface area contributed by atoms with Gasteiger partial charge < -0.3 is 5.32 Å². The van der Waals surface area contributed by atoms with Crippen LogP contribution in [-0.2, 0) is 0 Å². The molecule has 0 aliphatic heterocycles. The summed E-state index contributed by atoms with van der Waals surface area (Å²) in [7, 11) is 0. The van der Waals surface area contributed by atoms with E-state index in [0.717, 1.165) is 6.07 Å². The van der Waals surface area contributed by atoms with Crippen molar-refractivity contribution in [3.63, 3.8) is 0 Å². The van der Waals surface area contributed by atoms with Crippen molar-refractivity contribution < 1.29 is 9.31 Å². The first-order valence-corrected chi connectivity index (χ1v) is 6.50. The van der Waals surface area contributed by atoms with E-state index in [9.17, 15) is 14.5 Å². The highest BCUT2D eigenvalue weighted by molar-refractivity contribution is 5.61. The molecule has 1 N–H and O–H groups in total. The third-order valence-corrected chi connectivity index (χ3v) is 3.40. The fourth-order valence-corrected chi connectivity index (χ4v) is 2.27. The van der Waals surface area contributed by atoms with Crippen molar-refractivity contribution in [2.75, 3.05) is 11.9 Å². The summed E-state index contributed by atoms with van der Waals surface area (Å²) in [6, 6.07) is 3.60. The molecule has 0 aliphatic rings. The van der Waals surface area contributed by atoms with Crippen LogP contribution in [0.5, 0.6) is 0 Å². The Morgan fingerprint density at radius 3 is 2.32 bits per heavy atom. The second kappa shape index (κ2) is 6.50. The molecule has 0 amide bonds. The Balaban J connectivity index is 2.85. The number of nitrogens with one attached hydrogen (secondary N) is 1. The topological polar surface area (TPSA) is 55.2 Å². The molecule has 0 aromatic heterocycles. The minimum Gasteiger partial charge on any atom is -0.379 e. The van der Waals surface area contributed by atoms with E-state index < -0.39 is 10.7 Å². The lowest BCUT2D eigenvalue weighted by atomic mass is 9.85. The number of benzene rings is 1. The summed E-state index contributed by atoms with van der Waals surface area (Å²) in [6.45, 7) is 9.16. The van der Waals surface area contributed by atoms with Gasteiger partial charge in [0.1, 0.15) is 11.5 Å². The molecule has 1 rings (SSSR count). The van der Waals surface area contributed by atoms with Crippen LogP contribution in [0.4, 0.5) is 15.8 Å². The number of nitro groups is 1. The van der Waals surface area contributed by atoms with Gasteiger partial charge in [0.2, 0.25) is 0 Å². The molecule has 0 bridgehead atoms. The molecule has 0 heterocycles. The number of nitro benzene ring substituents is 1. The summed E-state index contributed by atoms with van der Waals surface area (Å²) in [5.74, 6) is 0.769. The van der Waals surface area contributed by atoms with Gasteiger partial charge in [-0.05, 0) is 29.9 Å². The SMILES string of the molecule is CC(C)C(CNc1ccc(F)cc1[N+](=O)[O-])C(C)C. The Bertz CT molecular complexity index is 439. The second-order valence-electron chi connectivity index (χ2n) is 5.45. The summed E-state index contributed by atoms with van der Waals surface area (Å²) < 4.78 is 13.0. The third-order valence-electron chi connectivity index (χ3n) is 3.40. The summed E-state index contributed by atoms with van der Waals surface area (Å²) in [4.78, 5) is 10.3. The van der Waals surface area contributed by atoms with E-state index in [4.69, 9.17) is 0 Å². The van der Waals surface area contributed by atoms with E-state index in [1.807, 2.05) is 0 Å². The van der Waals surface area contributed by atoms with Crippen LogP contribution in [-0.4, -0.2) is 11.5 Å². The molecule has 5 heteroatoms. The number of hydrogen-bond acceptors (Lipinski definition) is 3. The van der Waals surface area contributed by atoms with Gasteiger partial charge in [-0.15, -0.1) is 0 Å². The Hall–Kier alpha value is -1.65. The highest BCUT2D eigenvalue weighted by atomic mass is 19.1. The van der Waals surface area contributed by atoms with E-state index in [-0.39, 0.29) is 5.69 Å². The fourth-order valence-electron chi connectivity index (χ4n) is 2.27. The summed E-state index contributed by atoms with van der Waals surface area (Å²) >= 11 is 0. The zero-order valence-corrected chi connectivity index (χ0v) is 11.8. The van der Waals surface area contributed by atoms with Crippen LogP contribution in [0.1, 0.15) is 27.7 Å². The zero-order valence-electron chi connectivity index (χ0n) is 11.8. The minimum atomic E-state index is -0.596. The Morgan fingerprint density at radius 2 is 1.84 bits per heavy atom. The molecule has 0 saturated carbocycles. The van der Waals surface area contributed by atoms with Crippen molar-refractivity contribution in [3.8, 4) is 0 Å². The molecule has 1 aromatic carbocycles. The predicted molar refractivity (Wildman–Crippen MR) is 74.7 cm³/mol. The highest BCUT2D eigenvalue weighted by Crippen LogP contribution is 2.27. The Labute approximate surface area is 113 Å². The van der Waals surface area contributed by atoms with Gasteiger partial charge in [0.25, 0.3) is 5.69 Å². The molecule has 0 aliphatic carbocycles. The van der Waals surface area contributed by atoms with Gasteiger partial charge in [-0.1, -0.05) is 27.7 Å². The van der Waals surface area contributed by atoms with Gasteiger partial charge in [0.15, 0.2) is 0 Å². The maximum Gasteiger partial charge on any atom is 0.295 e. The lowest BCUT2D eigenvalue weighted by Gasteiger charge is -2.25. The molecular formula is C14H21FN2O2. The van der Waals surface area contributed by atoms with Crippen molar-refractivity contribution in [2.24, 2.45) is 17.8 Å². The molecule has 0 unspecified atom stereocenters. The number of halogens is 1. The lowest BCUT2D eigenvalue weighted by Crippen LogP contribution is -2.24. The molecule has 0 saturated heterocycles. The number of nitrogens with zero attached hydrogens (tertiary/aromatic N) is 1. The normalized spacial score (nSPS) is 11.4. The van der Waals surface area contributed by atoms with Crippen molar-refractivity contribution in [3.05, 3.63) is 34.1 Å². The van der Waals surface area contributed by atoms with Crippen LogP contribution < -0.4 is 5.32 Å². The first-order chi connectivity index (χ1) is 8.82. The monoisotopic (exact) mass is 268 g/mol. The molecule has 4 nitrogen and oxygen atoms in total. The van der Waals surface area contributed by atoms with Crippen LogP contribution in [0.2, 0.25) is 0 Å². The average Bonchev–Trinajstić information content (AvgIpc) is 2.29. The van der Waals surface area contributed by atoms with E-state index in [2.05, 4.69) is 33.0 Å². The summed E-state index contributed by atoms with van der Waals surface area (Å²) in [5.41, 5.74) is 0.156. The van der Waals surface area contributed by atoms with E-state index >= 15 is 0 Å². The molecule has 0 spiro atoms. The predicted octanol–water partition coefficient (Wildman–Crippen LogP) is 4.07. The number of anilines is 1.